The number of aliphatic hydroxyl groups is 13. The quantitative estimate of drug-likeness (QED) is 0.0310. The van der Waals surface area contributed by atoms with Crippen LogP contribution in [0.3, 0.4) is 0 Å². The fourth-order valence-electron chi connectivity index (χ4n) is 13.3. The van der Waals surface area contributed by atoms with Crippen LogP contribution >= 0.6 is 0 Å². The molecule has 25 unspecified atom stereocenters. The summed E-state index contributed by atoms with van der Waals surface area (Å²) in [6.07, 6.45) is -31.6. The third-order valence-corrected chi connectivity index (χ3v) is 19.4. The van der Waals surface area contributed by atoms with E-state index in [1.165, 1.54) is 24.3 Å². The molecule has 24 N–H and O–H groups in total. The number of guanidine groups is 2. The normalized spacial score (nSPS) is 33.6. The first-order chi connectivity index (χ1) is 51.3. The second kappa shape index (κ2) is 36.8. The molecule has 584 valence electrons. The van der Waals surface area contributed by atoms with Crippen LogP contribution < -0.4 is 57.3 Å². The molecule has 0 bridgehead atoms. The molecule has 0 aromatic heterocycles. The SMILES string of the molecule is CCC(c1ccccc1)C1NC(=O)CNC(=O)C(CO)NC(=O)C(C(O)C2CNC(=N)N2C2OC(CO)C(O)C(O)C2O)NC(=O)C(C(O)C2CNC(=N)N2)NC(=O)C(Cc2ccc(OC3OC(CO)C(OC4OC(COCc5ccc(OCc6ccccc6)cc5)C(O)C(O)C4O)C(O)C3O)cc2)NC1=O. The van der Waals surface area contributed by atoms with Crippen LogP contribution in [0.15, 0.2) is 109 Å². The van der Waals surface area contributed by atoms with Gasteiger partial charge in [-0.1, -0.05) is 91.9 Å². The molecule has 10 rings (SSSR count). The summed E-state index contributed by atoms with van der Waals surface area (Å²) in [6.45, 7) is -2.88. The van der Waals surface area contributed by atoms with Crippen LogP contribution in [-0.2, 0) is 72.1 Å². The summed E-state index contributed by atoms with van der Waals surface area (Å²) in [7, 11) is 0. The molecule has 0 aliphatic carbocycles. The van der Waals surface area contributed by atoms with Gasteiger partial charge in [0.05, 0.1) is 51.7 Å². The Hall–Kier alpha value is -8.88. The Labute approximate surface area is 611 Å². The zero-order valence-electron chi connectivity index (χ0n) is 57.7. The van der Waals surface area contributed by atoms with E-state index in [0.29, 0.717) is 17.9 Å². The third kappa shape index (κ3) is 19.3. The summed E-state index contributed by atoms with van der Waals surface area (Å²) < 4.78 is 41.0. The van der Waals surface area contributed by atoms with Gasteiger partial charge in [-0.3, -0.25) is 39.6 Å². The number of benzene rings is 4. The molecule has 6 aliphatic rings. The number of aliphatic hydroxyl groups excluding tert-OH is 13. The summed E-state index contributed by atoms with van der Waals surface area (Å²) in [5, 5.41) is 183. The highest BCUT2D eigenvalue weighted by Gasteiger charge is 2.55. The second-order valence-electron chi connectivity index (χ2n) is 26.6. The molecule has 0 spiro atoms. The largest absolute Gasteiger partial charge is 0.489 e. The van der Waals surface area contributed by atoms with Crippen molar-refractivity contribution in [3.63, 3.8) is 0 Å². The first-order valence-corrected chi connectivity index (χ1v) is 34.7. The van der Waals surface area contributed by atoms with Crippen molar-refractivity contribution < 1.29 is 128 Å². The van der Waals surface area contributed by atoms with E-state index in [1.807, 2.05) is 30.3 Å². The highest BCUT2D eigenvalue weighted by Crippen LogP contribution is 2.33. The van der Waals surface area contributed by atoms with Gasteiger partial charge in [0.1, 0.15) is 134 Å². The number of hydrogen-bond acceptors (Lipinski definition) is 28. The molecule has 6 fully saturated rings. The number of carbonyl (C=O) groups is 6. The van der Waals surface area contributed by atoms with Crippen LogP contribution in [0.2, 0.25) is 0 Å². The van der Waals surface area contributed by atoms with Gasteiger partial charge in [-0.05, 0) is 52.9 Å². The minimum Gasteiger partial charge on any atom is -0.489 e. The highest BCUT2D eigenvalue weighted by atomic mass is 16.7. The lowest BCUT2D eigenvalue weighted by atomic mass is 9.88. The van der Waals surface area contributed by atoms with Crippen molar-refractivity contribution >= 4 is 47.4 Å². The minimum absolute atomic E-state index is 0.0268. The molecule has 107 heavy (non-hydrogen) atoms. The van der Waals surface area contributed by atoms with E-state index in [1.54, 1.807) is 61.5 Å². The summed E-state index contributed by atoms with van der Waals surface area (Å²) in [4.78, 5) is 88.9. The summed E-state index contributed by atoms with van der Waals surface area (Å²) in [5.41, 5.74) is 2.44. The zero-order chi connectivity index (χ0) is 76.9. The predicted molar refractivity (Wildman–Crippen MR) is 366 cm³/mol. The van der Waals surface area contributed by atoms with Crippen LogP contribution in [0.1, 0.15) is 41.5 Å². The number of rotatable bonds is 24. The maximum absolute atomic E-state index is 15.3. The number of carbonyl (C=O) groups excluding carboxylic acids is 6. The Morgan fingerprint density at radius 3 is 1.75 bits per heavy atom. The summed E-state index contributed by atoms with van der Waals surface area (Å²) >= 11 is 0. The fourth-order valence-corrected chi connectivity index (χ4v) is 13.3. The zero-order valence-corrected chi connectivity index (χ0v) is 57.7. The molecular formula is C69H92N12O26. The van der Waals surface area contributed by atoms with Gasteiger partial charge in [0, 0.05) is 25.4 Å². The third-order valence-electron chi connectivity index (χ3n) is 19.4. The van der Waals surface area contributed by atoms with Gasteiger partial charge in [0.15, 0.2) is 24.4 Å². The van der Waals surface area contributed by atoms with E-state index in [0.717, 1.165) is 16.0 Å². The van der Waals surface area contributed by atoms with Crippen LogP contribution in [0.4, 0.5) is 0 Å². The van der Waals surface area contributed by atoms with Crippen molar-refractivity contribution in [2.45, 2.75) is 185 Å². The van der Waals surface area contributed by atoms with E-state index in [4.69, 9.17) is 44.0 Å². The molecule has 6 saturated heterocycles. The van der Waals surface area contributed by atoms with Crippen molar-refractivity contribution in [1.29, 1.82) is 10.8 Å². The van der Waals surface area contributed by atoms with Gasteiger partial charge < -0.3 is 152 Å². The van der Waals surface area contributed by atoms with E-state index in [-0.39, 0.29) is 43.5 Å². The number of ether oxygens (including phenoxy) is 7. The molecule has 38 heteroatoms. The first kappa shape index (κ1) is 80.7. The number of amides is 6. The molecule has 25 atom stereocenters. The Kier molecular flexibility index (Phi) is 27.8. The lowest BCUT2D eigenvalue weighted by Gasteiger charge is -2.46. The van der Waals surface area contributed by atoms with Gasteiger partial charge in [-0.25, -0.2) is 0 Å². The van der Waals surface area contributed by atoms with Crippen molar-refractivity contribution in [2.24, 2.45) is 0 Å². The average Bonchev–Trinajstić information content (AvgIpc) is 1.75. The first-order valence-electron chi connectivity index (χ1n) is 34.7. The lowest BCUT2D eigenvalue weighted by molar-refractivity contribution is -0.353. The Morgan fingerprint density at radius 1 is 0.514 bits per heavy atom. The van der Waals surface area contributed by atoms with Crippen LogP contribution in [0.5, 0.6) is 11.5 Å². The lowest BCUT2D eigenvalue weighted by Crippen LogP contribution is -2.69. The van der Waals surface area contributed by atoms with Crippen LogP contribution in [0.25, 0.3) is 0 Å². The summed E-state index contributed by atoms with van der Waals surface area (Å²) in [6, 6.07) is 17.5. The maximum atomic E-state index is 15.3. The van der Waals surface area contributed by atoms with E-state index in [9.17, 15) is 80.8 Å². The molecule has 4 aromatic carbocycles. The summed E-state index contributed by atoms with van der Waals surface area (Å²) in [5.74, 6) is -8.61. The van der Waals surface area contributed by atoms with Gasteiger partial charge in [0.25, 0.3) is 0 Å². The topological polar surface area (TPSA) is 589 Å². The number of nitrogens with one attached hydrogen (secondary N) is 11. The molecule has 6 amide bonds. The minimum atomic E-state index is -2.37. The molecule has 38 nitrogen and oxygen atoms in total. The van der Waals surface area contributed by atoms with E-state index < -0.39 is 233 Å². The molecule has 6 aliphatic heterocycles. The molecule has 4 aromatic rings. The highest BCUT2D eigenvalue weighted by molar-refractivity contribution is 5.98. The molecule has 0 radical (unpaired) electrons. The van der Waals surface area contributed by atoms with E-state index in [2.05, 4.69) is 47.9 Å². The van der Waals surface area contributed by atoms with Crippen molar-refractivity contribution in [3.8, 4) is 11.5 Å². The maximum Gasteiger partial charge on any atom is 0.246 e. The standard InChI is InChI=1S/C69H92N12O26/c1-2-37(34-11-7-4-8-12-34)46-62(98)75-38(21-31-13-19-36(20-14-31)103-66-58(95)55(92)59(43(27-84)105-66)107-67-57(94)54(91)52(89)44(106-67)30-101-28-33-15-17-35(18-16-33)102-29-32-9-5-3-6-10-32)61(97)79-47(49(86)39-22-73-68(70)77-39)64(100)80-48(63(99)76-40(25-82)60(96)72-24-45(85)78-46)50(87)41-23-74-69(71)81(41)65-56(93)53(90)51(88)42(26-83)104-65/h3-20,37-44,46-59,65-67,82-84,86-95H,2,21-30H2,1H3,(H2,71,74)(H,72,96)(H,75,98)(H,76,99)(H,78,85)(H,79,97)(H,80,100)(H3,70,73,77). The molecule has 0 saturated carbocycles. The molecule has 6 heterocycles. The van der Waals surface area contributed by atoms with Crippen molar-refractivity contribution in [2.75, 3.05) is 46.1 Å². The van der Waals surface area contributed by atoms with Crippen LogP contribution in [0, 0.1) is 10.8 Å². The Morgan fingerprint density at radius 2 is 1.09 bits per heavy atom. The smallest absolute Gasteiger partial charge is 0.246 e. The van der Waals surface area contributed by atoms with Crippen LogP contribution in [-0.4, -0.2) is 311 Å². The van der Waals surface area contributed by atoms with Gasteiger partial charge in [-0.15, -0.1) is 0 Å². The predicted octanol–water partition coefficient (Wildman–Crippen LogP) is -9.00. The van der Waals surface area contributed by atoms with Crippen molar-refractivity contribution in [1.82, 2.24) is 52.8 Å². The average molecular weight is 1510 g/mol. The molecular weight excluding hydrogens is 1410 g/mol. The number of nitrogens with zero attached hydrogens (tertiary/aromatic N) is 1. The Bertz CT molecular complexity index is 3660. The van der Waals surface area contributed by atoms with Crippen molar-refractivity contribution in [3.05, 3.63) is 131 Å². The van der Waals surface area contributed by atoms with Gasteiger partial charge in [0.2, 0.25) is 41.7 Å². The second-order valence-corrected chi connectivity index (χ2v) is 26.6. The Balaban J connectivity index is 0.880. The van der Waals surface area contributed by atoms with E-state index >= 15 is 14.4 Å². The monoisotopic (exact) mass is 1500 g/mol. The number of hydrogen-bond donors (Lipinski definition) is 24. The van der Waals surface area contributed by atoms with Gasteiger partial charge >= 0.3 is 0 Å². The van der Waals surface area contributed by atoms with Gasteiger partial charge in [-0.2, -0.15) is 0 Å². The fraction of sp³-hybridized carbons (Fsp3) is 0.536.